The van der Waals surface area contributed by atoms with Gasteiger partial charge in [-0.1, -0.05) is 25.1 Å². The van der Waals surface area contributed by atoms with E-state index in [1.54, 1.807) is 24.3 Å². The molecule has 2 amide bonds. The highest BCUT2D eigenvalue weighted by Crippen LogP contribution is 2.13. The number of anilines is 2. The van der Waals surface area contributed by atoms with Gasteiger partial charge in [0.2, 0.25) is 0 Å². The number of para-hydroxylation sites is 1. The van der Waals surface area contributed by atoms with Gasteiger partial charge in [0.25, 0.3) is 0 Å². The number of carbonyl (C=O) groups excluding carboxylic acids is 2. The summed E-state index contributed by atoms with van der Waals surface area (Å²) in [5, 5.41) is 5.46. The summed E-state index contributed by atoms with van der Waals surface area (Å²) in [5.74, 6) is 0.123. The van der Waals surface area contributed by atoms with Gasteiger partial charge in [0.1, 0.15) is 0 Å². The zero-order valence-electron chi connectivity index (χ0n) is 11.9. The molecule has 0 fully saturated rings. The second-order valence-electron chi connectivity index (χ2n) is 4.70. The Balaban J connectivity index is 1.94. The molecule has 4 nitrogen and oxygen atoms in total. The Morgan fingerprint density at radius 3 is 2.00 bits per heavy atom. The fraction of sp³-hybridized carbons (Fsp3) is 0.176. The number of Topliss-reactive ketones (excluding diaryl/α,β-unsaturated/α-hetero) is 1. The van der Waals surface area contributed by atoms with Crippen molar-refractivity contribution in [1.29, 1.82) is 0 Å². The number of benzene rings is 2. The first-order valence-corrected chi connectivity index (χ1v) is 6.95. The Morgan fingerprint density at radius 1 is 0.857 bits per heavy atom. The first kappa shape index (κ1) is 14.8. The second kappa shape index (κ2) is 7.24. The number of amides is 2. The van der Waals surface area contributed by atoms with Crippen LogP contribution < -0.4 is 10.6 Å². The fourth-order valence-electron chi connectivity index (χ4n) is 1.93. The quantitative estimate of drug-likeness (QED) is 0.803. The van der Waals surface area contributed by atoms with Gasteiger partial charge in [-0.25, -0.2) is 4.79 Å². The van der Waals surface area contributed by atoms with Crippen LogP contribution in [0.1, 0.15) is 30.1 Å². The lowest BCUT2D eigenvalue weighted by Gasteiger charge is -2.08. The highest BCUT2D eigenvalue weighted by molar-refractivity contribution is 6.00. The maximum atomic E-state index is 11.8. The number of nitrogens with one attached hydrogen (secondary N) is 2. The predicted octanol–water partition coefficient (Wildman–Crippen LogP) is 4.31. The molecule has 0 aliphatic carbocycles. The minimum absolute atomic E-state index is 0.123. The van der Waals surface area contributed by atoms with E-state index in [-0.39, 0.29) is 11.8 Å². The molecule has 0 saturated carbocycles. The molecule has 0 aromatic heterocycles. The molecule has 2 aromatic carbocycles. The van der Waals surface area contributed by atoms with Gasteiger partial charge in [0.05, 0.1) is 0 Å². The summed E-state index contributed by atoms with van der Waals surface area (Å²) in [4.78, 5) is 23.5. The van der Waals surface area contributed by atoms with Gasteiger partial charge < -0.3 is 10.6 Å². The molecule has 0 aliphatic rings. The summed E-state index contributed by atoms with van der Waals surface area (Å²) >= 11 is 0. The lowest BCUT2D eigenvalue weighted by Crippen LogP contribution is -2.19. The number of hydrogen-bond acceptors (Lipinski definition) is 2. The fourth-order valence-corrected chi connectivity index (χ4v) is 1.93. The van der Waals surface area contributed by atoms with Crippen LogP contribution in [0.5, 0.6) is 0 Å². The second-order valence-corrected chi connectivity index (χ2v) is 4.70. The monoisotopic (exact) mass is 282 g/mol. The average Bonchev–Trinajstić information content (AvgIpc) is 2.49. The molecule has 2 rings (SSSR count). The zero-order chi connectivity index (χ0) is 15.1. The Morgan fingerprint density at radius 2 is 1.43 bits per heavy atom. The summed E-state index contributed by atoms with van der Waals surface area (Å²) < 4.78 is 0. The van der Waals surface area contributed by atoms with Crippen molar-refractivity contribution < 1.29 is 9.59 Å². The maximum absolute atomic E-state index is 11.8. The number of rotatable bonds is 5. The number of urea groups is 1. The van der Waals surface area contributed by atoms with Gasteiger partial charge in [-0.3, -0.25) is 4.79 Å². The van der Waals surface area contributed by atoms with Crippen LogP contribution in [0, 0.1) is 0 Å². The maximum Gasteiger partial charge on any atom is 0.323 e. The first-order valence-electron chi connectivity index (χ1n) is 6.95. The van der Waals surface area contributed by atoms with E-state index in [2.05, 4.69) is 10.6 Å². The lowest BCUT2D eigenvalue weighted by molar-refractivity contribution is 0.0982. The average molecular weight is 282 g/mol. The van der Waals surface area contributed by atoms with Gasteiger partial charge in [-0.2, -0.15) is 0 Å². The minimum Gasteiger partial charge on any atom is -0.308 e. The van der Waals surface area contributed by atoms with Gasteiger partial charge >= 0.3 is 6.03 Å². The summed E-state index contributed by atoms with van der Waals surface area (Å²) in [5.41, 5.74) is 2.05. The number of hydrogen-bond donors (Lipinski definition) is 2. The van der Waals surface area contributed by atoms with Crippen LogP contribution in [0.25, 0.3) is 0 Å². The minimum atomic E-state index is -0.311. The summed E-state index contributed by atoms with van der Waals surface area (Å²) in [7, 11) is 0. The highest BCUT2D eigenvalue weighted by atomic mass is 16.2. The first-order chi connectivity index (χ1) is 10.2. The van der Waals surface area contributed by atoms with E-state index in [1.165, 1.54) is 0 Å². The Labute approximate surface area is 124 Å². The van der Waals surface area contributed by atoms with Crippen LogP contribution >= 0.6 is 0 Å². The molecule has 0 spiro atoms. The normalized spacial score (nSPS) is 9.95. The molecule has 108 valence electrons. The molecule has 21 heavy (non-hydrogen) atoms. The van der Waals surface area contributed by atoms with Crippen molar-refractivity contribution in [3.05, 3.63) is 60.2 Å². The molecule has 2 aromatic rings. The van der Waals surface area contributed by atoms with E-state index in [0.717, 1.165) is 12.1 Å². The molecule has 0 unspecified atom stereocenters. The van der Waals surface area contributed by atoms with Crippen molar-refractivity contribution in [2.75, 3.05) is 10.6 Å². The van der Waals surface area contributed by atoms with Gasteiger partial charge in [0, 0.05) is 23.4 Å². The van der Waals surface area contributed by atoms with Crippen molar-refractivity contribution in [1.82, 2.24) is 0 Å². The molecular formula is C17H18N2O2. The number of carbonyl (C=O) groups is 2. The van der Waals surface area contributed by atoms with Gasteiger partial charge in [0.15, 0.2) is 5.78 Å². The van der Waals surface area contributed by atoms with Gasteiger partial charge in [-0.15, -0.1) is 0 Å². The largest absolute Gasteiger partial charge is 0.323 e. The summed E-state index contributed by atoms with van der Waals surface area (Å²) in [6, 6.07) is 15.8. The van der Waals surface area contributed by atoms with Crippen molar-refractivity contribution in [3.8, 4) is 0 Å². The number of ketones is 1. The third-order valence-electron chi connectivity index (χ3n) is 2.97. The van der Waals surface area contributed by atoms with Crippen molar-refractivity contribution in [2.24, 2.45) is 0 Å². The summed E-state index contributed by atoms with van der Waals surface area (Å²) in [6.45, 7) is 1.97. The van der Waals surface area contributed by atoms with E-state index in [0.29, 0.717) is 17.7 Å². The van der Waals surface area contributed by atoms with E-state index < -0.39 is 0 Å². The SMILES string of the molecule is CCCC(=O)c1ccc(NC(=O)Nc2ccccc2)cc1. The van der Waals surface area contributed by atoms with E-state index in [1.807, 2.05) is 37.3 Å². The van der Waals surface area contributed by atoms with Gasteiger partial charge in [-0.05, 0) is 42.8 Å². The molecule has 0 atom stereocenters. The van der Waals surface area contributed by atoms with Crippen LogP contribution in [-0.2, 0) is 0 Å². The smallest absolute Gasteiger partial charge is 0.308 e. The van der Waals surface area contributed by atoms with Crippen molar-refractivity contribution in [3.63, 3.8) is 0 Å². The standard InChI is InChI=1S/C17H18N2O2/c1-2-6-16(20)13-9-11-15(12-10-13)19-17(21)18-14-7-4-3-5-8-14/h3-5,7-12H,2,6H2,1H3,(H2,18,19,21). The molecule has 0 bridgehead atoms. The molecular weight excluding hydrogens is 264 g/mol. The third kappa shape index (κ3) is 4.45. The van der Waals surface area contributed by atoms with E-state index in [4.69, 9.17) is 0 Å². The predicted molar refractivity (Wildman–Crippen MR) is 84.8 cm³/mol. The van der Waals surface area contributed by atoms with Crippen molar-refractivity contribution in [2.45, 2.75) is 19.8 Å². The lowest BCUT2D eigenvalue weighted by atomic mass is 10.1. The Kier molecular flexibility index (Phi) is 5.10. The van der Waals surface area contributed by atoms with E-state index in [9.17, 15) is 9.59 Å². The van der Waals surface area contributed by atoms with Crippen LogP contribution in [0.15, 0.2) is 54.6 Å². The van der Waals surface area contributed by atoms with Crippen LogP contribution in [-0.4, -0.2) is 11.8 Å². The summed E-state index contributed by atoms with van der Waals surface area (Å²) in [6.07, 6.45) is 1.37. The molecule has 4 heteroatoms. The molecule has 2 N–H and O–H groups in total. The third-order valence-corrected chi connectivity index (χ3v) is 2.97. The Bertz CT molecular complexity index is 606. The molecule has 0 radical (unpaired) electrons. The van der Waals surface area contributed by atoms with Crippen LogP contribution in [0.4, 0.5) is 16.2 Å². The topological polar surface area (TPSA) is 58.2 Å². The Hall–Kier alpha value is -2.62. The van der Waals surface area contributed by atoms with Crippen molar-refractivity contribution >= 4 is 23.2 Å². The zero-order valence-corrected chi connectivity index (χ0v) is 11.9. The van der Waals surface area contributed by atoms with E-state index >= 15 is 0 Å². The highest BCUT2D eigenvalue weighted by Gasteiger charge is 2.06. The molecule has 0 heterocycles. The van der Waals surface area contributed by atoms with Crippen LogP contribution in [0.3, 0.4) is 0 Å². The molecule has 0 aliphatic heterocycles. The molecule has 0 saturated heterocycles. The van der Waals surface area contributed by atoms with Crippen LogP contribution in [0.2, 0.25) is 0 Å².